The molecular weight excluding hydrogens is 280 g/mol. The number of rotatable bonds is 11. The first-order valence-electron chi connectivity index (χ1n) is 8.96. The smallest absolute Gasteiger partial charge is 0.167 e. The van der Waals surface area contributed by atoms with Gasteiger partial charge >= 0.3 is 0 Å². The predicted octanol–water partition coefficient (Wildman–Crippen LogP) is 3.49. The van der Waals surface area contributed by atoms with Gasteiger partial charge in [-0.1, -0.05) is 39.5 Å². The van der Waals surface area contributed by atoms with Crippen LogP contribution in [0.3, 0.4) is 0 Å². The van der Waals surface area contributed by atoms with E-state index in [9.17, 15) is 10.2 Å². The highest BCUT2D eigenvalue weighted by molar-refractivity contribution is 4.89. The van der Waals surface area contributed by atoms with Gasteiger partial charge in [-0.25, -0.2) is 0 Å². The standard InChI is InChI=1S/C18H36O4/c1-5-6-7-8-9-11-18(21-3,22-4)12-10-15-14(2)16(19)13-17(15)20/h14-17,19-20H,5-13H2,1-4H3/t14-,15-,16+,17-/m1/s1. The minimum Gasteiger partial charge on any atom is -0.393 e. The van der Waals surface area contributed by atoms with Crippen molar-refractivity contribution in [2.24, 2.45) is 11.8 Å². The van der Waals surface area contributed by atoms with Gasteiger partial charge in [0.25, 0.3) is 0 Å². The summed E-state index contributed by atoms with van der Waals surface area (Å²) in [6, 6.07) is 0. The third kappa shape index (κ3) is 5.48. The van der Waals surface area contributed by atoms with E-state index in [1.807, 2.05) is 6.92 Å². The summed E-state index contributed by atoms with van der Waals surface area (Å²) in [7, 11) is 3.41. The molecule has 1 fully saturated rings. The lowest BCUT2D eigenvalue weighted by molar-refractivity contribution is -0.218. The van der Waals surface area contributed by atoms with Crippen LogP contribution < -0.4 is 0 Å². The summed E-state index contributed by atoms with van der Waals surface area (Å²) in [5, 5.41) is 20.0. The second kappa shape index (κ2) is 9.86. The maximum atomic E-state index is 10.1. The Kier molecular flexibility index (Phi) is 8.91. The number of hydrogen-bond acceptors (Lipinski definition) is 4. The Morgan fingerprint density at radius 2 is 1.59 bits per heavy atom. The van der Waals surface area contributed by atoms with Gasteiger partial charge in [-0.05, 0) is 31.1 Å². The SMILES string of the molecule is CCCCCCCC(CC[C@@H]1[C@@H](C)[C@@H](O)C[C@H]1O)(OC)OC. The molecule has 132 valence electrons. The molecule has 22 heavy (non-hydrogen) atoms. The maximum absolute atomic E-state index is 10.1. The van der Waals surface area contributed by atoms with Crippen LogP contribution in [-0.2, 0) is 9.47 Å². The average molecular weight is 316 g/mol. The third-order valence-electron chi connectivity index (χ3n) is 5.52. The Bertz CT molecular complexity index is 291. The highest BCUT2D eigenvalue weighted by Gasteiger charge is 2.40. The van der Waals surface area contributed by atoms with Gasteiger partial charge in [0.05, 0.1) is 12.2 Å². The van der Waals surface area contributed by atoms with E-state index in [1.165, 1.54) is 25.7 Å². The lowest BCUT2D eigenvalue weighted by atomic mass is 9.88. The van der Waals surface area contributed by atoms with E-state index in [2.05, 4.69) is 6.92 Å². The maximum Gasteiger partial charge on any atom is 0.167 e. The molecule has 1 rings (SSSR count). The molecule has 0 amide bonds. The molecule has 4 nitrogen and oxygen atoms in total. The van der Waals surface area contributed by atoms with Crippen LogP contribution in [0.15, 0.2) is 0 Å². The second-order valence-corrected chi connectivity index (χ2v) is 6.92. The zero-order valence-electron chi connectivity index (χ0n) is 14.9. The molecule has 4 atom stereocenters. The number of aliphatic hydroxyl groups excluding tert-OH is 2. The fourth-order valence-corrected chi connectivity index (χ4v) is 3.73. The van der Waals surface area contributed by atoms with Gasteiger partial charge < -0.3 is 19.7 Å². The molecule has 0 aromatic rings. The number of methoxy groups -OCH3 is 2. The lowest BCUT2D eigenvalue weighted by Crippen LogP contribution is -2.35. The topological polar surface area (TPSA) is 58.9 Å². The van der Waals surface area contributed by atoms with Gasteiger partial charge in [0.1, 0.15) is 0 Å². The molecule has 0 aromatic heterocycles. The summed E-state index contributed by atoms with van der Waals surface area (Å²) in [6.07, 6.45) is 8.33. The van der Waals surface area contributed by atoms with Crippen molar-refractivity contribution in [3.8, 4) is 0 Å². The zero-order valence-corrected chi connectivity index (χ0v) is 14.9. The van der Waals surface area contributed by atoms with Crippen molar-refractivity contribution in [1.82, 2.24) is 0 Å². The number of unbranched alkanes of at least 4 members (excludes halogenated alkanes) is 4. The van der Waals surface area contributed by atoms with Crippen LogP contribution in [0, 0.1) is 11.8 Å². The first kappa shape index (κ1) is 19.9. The van der Waals surface area contributed by atoms with E-state index >= 15 is 0 Å². The van der Waals surface area contributed by atoms with Crippen molar-refractivity contribution in [1.29, 1.82) is 0 Å². The number of aliphatic hydroxyl groups is 2. The second-order valence-electron chi connectivity index (χ2n) is 6.92. The molecule has 0 bridgehead atoms. The quantitative estimate of drug-likeness (QED) is 0.452. The Hall–Kier alpha value is -0.160. The molecule has 1 aliphatic carbocycles. The fourth-order valence-electron chi connectivity index (χ4n) is 3.73. The van der Waals surface area contributed by atoms with Crippen molar-refractivity contribution in [3.63, 3.8) is 0 Å². The van der Waals surface area contributed by atoms with Crippen LogP contribution in [0.2, 0.25) is 0 Å². The molecule has 1 saturated carbocycles. The minimum absolute atomic E-state index is 0.139. The zero-order chi connectivity index (χ0) is 16.6. The summed E-state index contributed by atoms with van der Waals surface area (Å²) in [6.45, 7) is 4.24. The van der Waals surface area contributed by atoms with Gasteiger partial charge in [-0.15, -0.1) is 0 Å². The molecule has 2 N–H and O–H groups in total. The van der Waals surface area contributed by atoms with E-state index < -0.39 is 11.9 Å². The summed E-state index contributed by atoms with van der Waals surface area (Å²) in [5.41, 5.74) is 0. The Labute approximate surface area is 136 Å². The molecule has 0 saturated heterocycles. The first-order chi connectivity index (χ1) is 10.5. The Morgan fingerprint density at radius 1 is 0.955 bits per heavy atom. The number of hydrogen-bond donors (Lipinski definition) is 2. The molecular formula is C18H36O4. The largest absolute Gasteiger partial charge is 0.393 e. The lowest BCUT2D eigenvalue weighted by Gasteiger charge is -2.33. The molecule has 0 spiro atoms. The van der Waals surface area contributed by atoms with Crippen molar-refractivity contribution in [2.45, 2.75) is 89.6 Å². The van der Waals surface area contributed by atoms with E-state index in [1.54, 1.807) is 14.2 Å². The van der Waals surface area contributed by atoms with E-state index in [-0.39, 0.29) is 17.9 Å². The van der Waals surface area contributed by atoms with Gasteiger partial charge in [-0.3, -0.25) is 0 Å². The summed E-state index contributed by atoms with van der Waals surface area (Å²) in [4.78, 5) is 0. The molecule has 0 aliphatic heterocycles. The van der Waals surface area contributed by atoms with Crippen molar-refractivity contribution >= 4 is 0 Å². The van der Waals surface area contributed by atoms with Gasteiger partial charge in [0, 0.05) is 27.1 Å². The normalized spacial score (nSPS) is 29.2. The first-order valence-corrected chi connectivity index (χ1v) is 8.96. The van der Waals surface area contributed by atoms with E-state index in [4.69, 9.17) is 9.47 Å². The fraction of sp³-hybridized carbons (Fsp3) is 1.00. The van der Waals surface area contributed by atoms with Crippen molar-refractivity contribution in [2.75, 3.05) is 14.2 Å². The summed E-state index contributed by atoms with van der Waals surface area (Å²) >= 11 is 0. The minimum atomic E-state index is -0.542. The predicted molar refractivity (Wildman–Crippen MR) is 88.6 cm³/mol. The Morgan fingerprint density at radius 3 is 2.09 bits per heavy atom. The molecule has 0 heterocycles. The van der Waals surface area contributed by atoms with Gasteiger partial charge in [-0.2, -0.15) is 0 Å². The molecule has 0 aromatic carbocycles. The van der Waals surface area contributed by atoms with Crippen LogP contribution in [0.4, 0.5) is 0 Å². The summed E-state index contributed by atoms with van der Waals surface area (Å²) in [5.74, 6) is -0.259. The molecule has 1 aliphatic rings. The van der Waals surface area contributed by atoms with Crippen LogP contribution in [0.5, 0.6) is 0 Å². The van der Waals surface area contributed by atoms with Crippen LogP contribution >= 0.6 is 0 Å². The van der Waals surface area contributed by atoms with Crippen LogP contribution in [0.25, 0.3) is 0 Å². The molecule has 0 unspecified atom stereocenters. The summed E-state index contributed by atoms with van der Waals surface area (Å²) < 4.78 is 11.4. The van der Waals surface area contributed by atoms with Crippen molar-refractivity contribution in [3.05, 3.63) is 0 Å². The van der Waals surface area contributed by atoms with Crippen molar-refractivity contribution < 1.29 is 19.7 Å². The van der Waals surface area contributed by atoms with Gasteiger partial charge in [0.15, 0.2) is 5.79 Å². The van der Waals surface area contributed by atoms with Gasteiger partial charge in [0.2, 0.25) is 0 Å². The van der Waals surface area contributed by atoms with Crippen LogP contribution in [-0.4, -0.2) is 42.4 Å². The average Bonchev–Trinajstić information content (AvgIpc) is 2.76. The monoisotopic (exact) mass is 316 g/mol. The Balaban J connectivity index is 2.45. The highest BCUT2D eigenvalue weighted by atomic mass is 16.7. The molecule has 0 radical (unpaired) electrons. The number of ether oxygens (including phenoxy) is 2. The van der Waals surface area contributed by atoms with Crippen LogP contribution in [0.1, 0.15) is 71.6 Å². The highest BCUT2D eigenvalue weighted by Crippen LogP contribution is 2.38. The van der Waals surface area contributed by atoms with E-state index in [0.717, 1.165) is 25.7 Å². The van der Waals surface area contributed by atoms with E-state index in [0.29, 0.717) is 6.42 Å². The third-order valence-corrected chi connectivity index (χ3v) is 5.52. The molecule has 4 heteroatoms.